The normalized spacial score (nSPS) is 28.1. The van der Waals surface area contributed by atoms with Crippen LogP contribution in [0, 0.1) is 16.7 Å². The summed E-state index contributed by atoms with van der Waals surface area (Å²) >= 11 is 0. The van der Waals surface area contributed by atoms with Crippen molar-refractivity contribution < 1.29 is 4.74 Å². The highest BCUT2D eigenvalue weighted by Crippen LogP contribution is 2.47. The lowest BCUT2D eigenvalue weighted by Gasteiger charge is -2.59. The molecule has 0 bridgehead atoms. The van der Waals surface area contributed by atoms with Crippen molar-refractivity contribution in [2.24, 2.45) is 11.1 Å². The van der Waals surface area contributed by atoms with Gasteiger partial charge in [-0.2, -0.15) is 10.4 Å². The Labute approximate surface area is 159 Å². The van der Waals surface area contributed by atoms with E-state index in [1.54, 1.807) is 10.7 Å². The first-order valence-electron chi connectivity index (χ1n) is 9.80. The van der Waals surface area contributed by atoms with Gasteiger partial charge in [0.05, 0.1) is 29.6 Å². The van der Waals surface area contributed by atoms with Gasteiger partial charge in [0.25, 0.3) is 0 Å². The molecule has 3 aliphatic rings. The van der Waals surface area contributed by atoms with Crippen molar-refractivity contribution in [2.45, 2.75) is 38.0 Å². The van der Waals surface area contributed by atoms with E-state index in [1.807, 2.05) is 18.2 Å². The first kappa shape index (κ1) is 17.0. The van der Waals surface area contributed by atoms with E-state index in [0.717, 1.165) is 30.8 Å². The molecule has 1 spiro atoms. The van der Waals surface area contributed by atoms with Crippen LogP contribution in [-0.2, 0) is 4.74 Å². The van der Waals surface area contributed by atoms with Crippen LogP contribution in [0.4, 0.5) is 5.69 Å². The van der Waals surface area contributed by atoms with Crippen molar-refractivity contribution in [1.29, 1.82) is 5.26 Å². The number of aromatic nitrogens is 2. The zero-order valence-corrected chi connectivity index (χ0v) is 15.7. The summed E-state index contributed by atoms with van der Waals surface area (Å²) in [5, 5.41) is 13.6. The van der Waals surface area contributed by atoms with E-state index < -0.39 is 0 Å². The van der Waals surface area contributed by atoms with E-state index in [4.69, 9.17) is 10.5 Å². The van der Waals surface area contributed by atoms with E-state index >= 15 is 0 Å². The maximum absolute atomic E-state index is 9.30. The van der Waals surface area contributed by atoms with Crippen molar-refractivity contribution in [2.75, 3.05) is 37.6 Å². The number of pyridine rings is 1. The number of morpholine rings is 1. The second kappa shape index (κ2) is 6.20. The summed E-state index contributed by atoms with van der Waals surface area (Å²) in [5.41, 5.74) is 9.14. The Morgan fingerprint density at radius 2 is 2.11 bits per heavy atom. The minimum atomic E-state index is 0.176. The molecule has 2 aromatic heterocycles. The molecular formula is C20H26N6O. The lowest BCUT2D eigenvalue weighted by molar-refractivity contribution is -0.106. The van der Waals surface area contributed by atoms with Crippen LogP contribution in [-0.4, -0.2) is 65.5 Å². The second-order valence-corrected chi connectivity index (χ2v) is 8.66. The standard InChI is InChI=1S/C20H26N6O/c1-14-9-25(18-3-2-16(8-21)26-19(18)4-5-23-26)11-17(27-14)10-24-12-20(13-24)6-15(22)7-20/h2-5,14-15,17H,6-7,9-13,22H2,1H3/t14-,17+/m1/s1. The number of likely N-dealkylation sites (tertiary alicyclic amines) is 1. The number of anilines is 1. The molecule has 2 N–H and O–H groups in total. The zero-order valence-electron chi connectivity index (χ0n) is 15.7. The molecule has 2 aliphatic heterocycles. The van der Waals surface area contributed by atoms with Gasteiger partial charge in [-0.1, -0.05) is 0 Å². The summed E-state index contributed by atoms with van der Waals surface area (Å²) in [6.45, 7) is 7.15. The number of fused-ring (bicyclic) bond motifs is 1. The van der Waals surface area contributed by atoms with Crippen molar-refractivity contribution in [1.82, 2.24) is 14.5 Å². The van der Waals surface area contributed by atoms with Gasteiger partial charge in [0.1, 0.15) is 11.8 Å². The highest BCUT2D eigenvalue weighted by atomic mass is 16.5. The average molecular weight is 366 g/mol. The molecule has 3 fully saturated rings. The number of nitriles is 1. The number of hydrogen-bond acceptors (Lipinski definition) is 6. The van der Waals surface area contributed by atoms with Crippen LogP contribution in [0.25, 0.3) is 5.52 Å². The Kier molecular flexibility index (Phi) is 3.90. The first-order chi connectivity index (χ1) is 13.0. The summed E-state index contributed by atoms with van der Waals surface area (Å²) in [5.74, 6) is 0. The van der Waals surface area contributed by atoms with Gasteiger partial charge < -0.3 is 15.4 Å². The van der Waals surface area contributed by atoms with Gasteiger partial charge in [-0.25, -0.2) is 4.52 Å². The van der Waals surface area contributed by atoms with Crippen LogP contribution in [0.15, 0.2) is 24.4 Å². The van der Waals surface area contributed by atoms with E-state index in [2.05, 4.69) is 27.9 Å². The topological polar surface area (TPSA) is 82.8 Å². The third kappa shape index (κ3) is 2.89. The van der Waals surface area contributed by atoms with Gasteiger partial charge >= 0.3 is 0 Å². The van der Waals surface area contributed by atoms with E-state index in [-0.39, 0.29) is 12.2 Å². The molecule has 7 heteroatoms. The molecular weight excluding hydrogens is 340 g/mol. The predicted molar refractivity (Wildman–Crippen MR) is 103 cm³/mol. The number of ether oxygens (including phenoxy) is 1. The molecule has 7 nitrogen and oxygen atoms in total. The maximum atomic E-state index is 9.30. The number of nitrogens with two attached hydrogens (primary N) is 1. The summed E-state index contributed by atoms with van der Waals surface area (Å²) < 4.78 is 7.97. The van der Waals surface area contributed by atoms with Gasteiger partial charge in [0.15, 0.2) is 0 Å². The molecule has 4 heterocycles. The van der Waals surface area contributed by atoms with Crippen LogP contribution >= 0.6 is 0 Å². The molecule has 1 saturated carbocycles. The Morgan fingerprint density at radius 3 is 2.85 bits per heavy atom. The van der Waals surface area contributed by atoms with Crippen molar-refractivity contribution in [3.05, 3.63) is 30.1 Å². The molecule has 27 heavy (non-hydrogen) atoms. The Morgan fingerprint density at radius 1 is 1.30 bits per heavy atom. The van der Waals surface area contributed by atoms with Crippen LogP contribution in [0.1, 0.15) is 25.5 Å². The van der Waals surface area contributed by atoms with Crippen LogP contribution in [0.2, 0.25) is 0 Å². The highest BCUT2D eigenvalue weighted by molar-refractivity contribution is 5.74. The molecule has 2 atom stereocenters. The fourth-order valence-corrected chi connectivity index (χ4v) is 5.33. The summed E-state index contributed by atoms with van der Waals surface area (Å²) in [7, 11) is 0. The minimum absolute atomic E-state index is 0.176. The molecule has 1 aliphatic carbocycles. The average Bonchev–Trinajstić information content (AvgIpc) is 3.07. The first-order valence-corrected chi connectivity index (χ1v) is 9.80. The maximum Gasteiger partial charge on any atom is 0.142 e. The lowest BCUT2D eigenvalue weighted by Crippen LogP contribution is -2.67. The fourth-order valence-electron chi connectivity index (χ4n) is 5.33. The van der Waals surface area contributed by atoms with Gasteiger partial charge in [-0.05, 0) is 43.4 Å². The number of hydrogen-bond donors (Lipinski definition) is 1. The molecule has 0 unspecified atom stereocenters. The second-order valence-electron chi connectivity index (χ2n) is 8.66. The van der Waals surface area contributed by atoms with E-state index in [1.165, 1.54) is 25.9 Å². The largest absolute Gasteiger partial charge is 0.370 e. The van der Waals surface area contributed by atoms with Gasteiger partial charge in [-0.3, -0.25) is 4.90 Å². The quantitative estimate of drug-likeness (QED) is 0.880. The molecule has 2 aromatic rings. The number of rotatable bonds is 3. The molecule has 2 saturated heterocycles. The fraction of sp³-hybridized carbons (Fsp3) is 0.600. The Hall–Kier alpha value is -2.14. The SMILES string of the molecule is C[C@@H]1CN(c2ccc(C#N)n3nccc23)C[C@H](CN2CC3(CC(N)C3)C2)O1. The predicted octanol–water partition coefficient (Wildman–Crippen LogP) is 1.22. The molecule has 0 aromatic carbocycles. The van der Waals surface area contributed by atoms with Crippen molar-refractivity contribution in [3.63, 3.8) is 0 Å². The zero-order chi connectivity index (χ0) is 18.6. The van der Waals surface area contributed by atoms with Gasteiger partial charge in [-0.15, -0.1) is 0 Å². The molecule has 142 valence electrons. The van der Waals surface area contributed by atoms with Gasteiger partial charge in [0, 0.05) is 38.8 Å². The minimum Gasteiger partial charge on any atom is -0.370 e. The summed E-state index contributed by atoms with van der Waals surface area (Å²) in [6.07, 6.45) is 4.49. The Balaban J connectivity index is 1.30. The third-order valence-electron chi connectivity index (χ3n) is 6.28. The molecule has 0 radical (unpaired) electrons. The van der Waals surface area contributed by atoms with Crippen molar-refractivity contribution in [3.8, 4) is 6.07 Å². The smallest absolute Gasteiger partial charge is 0.142 e. The molecule has 5 rings (SSSR count). The van der Waals surface area contributed by atoms with Crippen LogP contribution < -0.4 is 10.6 Å². The van der Waals surface area contributed by atoms with E-state index in [9.17, 15) is 5.26 Å². The summed E-state index contributed by atoms with van der Waals surface area (Å²) in [4.78, 5) is 4.89. The number of nitrogens with zero attached hydrogens (tertiary/aromatic N) is 5. The summed E-state index contributed by atoms with van der Waals surface area (Å²) in [6, 6.07) is 8.50. The van der Waals surface area contributed by atoms with E-state index in [0.29, 0.717) is 17.2 Å². The van der Waals surface area contributed by atoms with Crippen LogP contribution in [0.5, 0.6) is 0 Å². The Bertz CT molecular complexity index is 887. The lowest BCUT2D eigenvalue weighted by atomic mass is 9.61. The molecule has 0 amide bonds. The van der Waals surface area contributed by atoms with Crippen LogP contribution in [0.3, 0.4) is 0 Å². The van der Waals surface area contributed by atoms with Crippen molar-refractivity contribution >= 4 is 11.2 Å². The highest BCUT2D eigenvalue weighted by Gasteiger charge is 2.51. The third-order valence-corrected chi connectivity index (χ3v) is 6.28. The van der Waals surface area contributed by atoms with Gasteiger partial charge in [0.2, 0.25) is 0 Å². The monoisotopic (exact) mass is 366 g/mol.